The van der Waals surface area contributed by atoms with Gasteiger partial charge in [-0.15, -0.1) is 6.58 Å². The lowest BCUT2D eigenvalue weighted by molar-refractivity contribution is 0.0994. The van der Waals surface area contributed by atoms with E-state index in [1.165, 1.54) is 16.3 Å². The van der Waals surface area contributed by atoms with Crippen molar-refractivity contribution >= 4 is 40.0 Å². The summed E-state index contributed by atoms with van der Waals surface area (Å²) in [5.41, 5.74) is 0.919. The lowest BCUT2D eigenvalue weighted by atomic mass is 10.1. The topological polar surface area (TPSA) is 61.2 Å². The molecule has 0 aliphatic heterocycles. The lowest BCUT2D eigenvalue weighted by Gasteiger charge is -2.15. The molecule has 0 saturated carbocycles. The Morgan fingerprint density at radius 3 is 2.69 bits per heavy atom. The number of carbonyl (C=O) groups excluding carboxylic acids is 1. The molecule has 29 heavy (non-hydrogen) atoms. The highest BCUT2D eigenvalue weighted by Crippen LogP contribution is 2.26. The minimum Gasteiger partial charge on any atom is -0.494 e. The third kappa shape index (κ3) is 4.71. The number of rotatable bonds is 8. The molecule has 0 aliphatic carbocycles. The average Bonchev–Trinajstić information content (AvgIpc) is 2.71. The van der Waals surface area contributed by atoms with Crippen molar-refractivity contribution in [1.29, 1.82) is 0 Å². The van der Waals surface area contributed by atoms with E-state index in [1.807, 2.05) is 6.92 Å². The van der Waals surface area contributed by atoms with Gasteiger partial charge in [-0.3, -0.25) is 14.2 Å². The van der Waals surface area contributed by atoms with E-state index in [-0.39, 0.29) is 11.3 Å². The number of halogens is 1. The first-order chi connectivity index (χ1) is 13.9. The molecule has 0 saturated heterocycles. The number of ether oxygens (including phenoxy) is 1. The standard InChI is InChI=1S/C22H21ClN2O3S/c1-4-12-25-21(27)18-13-16(23)8-11-19(18)24-22(25)29-14(3)20(26)15-6-9-17(10-7-15)28-5-2/h4,6-11,13-14H,1,5,12H2,2-3H3/t14-/m1/s1. The molecule has 150 valence electrons. The molecule has 1 aromatic heterocycles. The molecule has 0 radical (unpaired) electrons. The van der Waals surface area contributed by atoms with Gasteiger partial charge in [-0.25, -0.2) is 4.98 Å². The van der Waals surface area contributed by atoms with Gasteiger partial charge in [-0.1, -0.05) is 29.4 Å². The van der Waals surface area contributed by atoms with Crippen molar-refractivity contribution in [1.82, 2.24) is 9.55 Å². The van der Waals surface area contributed by atoms with Crippen molar-refractivity contribution < 1.29 is 9.53 Å². The summed E-state index contributed by atoms with van der Waals surface area (Å²) in [6, 6.07) is 12.1. The number of hydrogen-bond donors (Lipinski definition) is 0. The van der Waals surface area contributed by atoms with Gasteiger partial charge in [0.1, 0.15) is 5.75 Å². The number of fused-ring (bicyclic) bond motifs is 1. The molecule has 2 aromatic carbocycles. The van der Waals surface area contributed by atoms with Crippen LogP contribution in [0.5, 0.6) is 5.75 Å². The molecular formula is C22H21ClN2O3S. The molecule has 1 heterocycles. The van der Waals surface area contributed by atoms with Crippen molar-refractivity contribution in [2.75, 3.05) is 6.61 Å². The van der Waals surface area contributed by atoms with Crippen LogP contribution in [-0.4, -0.2) is 27.2 Å². The third-order valence-electron chi connectivity index (χ3n) is 4.29. The Labute approximate surface area is 178 Å². The number of hydrogen-bond acceptors (Lipinski definition) is 5. The summed E-state index contributed by atoms with van der Waals surface area (Å²) in [6.45, 7) is 8.29. The largest absolute Gasteiger partial charge is 0.494 e. The van der Waals surface area contributed by atoms with Crippen molar-refractivity contribution in [2.45, 2.75) is 30.8 Å². The number of nitrogens with zero attached hydrogens (tertiary/aromatic N) is 2. The van der Waals surface area contributed by atoms with Crippen LogP contribution in [0, 0.1) is 0 Å². The summed E-state index contributed by atoms with van der Waals surface area (Å²) in [6.07, 6.45) is 1.63. The normalized spacial score (nSPS) is 12.0. The highest BCUT2D eigenvalue weighted by molar-refractivity contribution is 8.00. The maximum atomic E-state index is 12.9. The van der Waals surface area contributed by atoms with E-state index in [9.17, 15) is 9.59 Å². The van der Waals surface area contributed by atoms with Crippen LogP contribution < -0.4 is 10.3 Å². The predicted molar refractivity (Wildman–Crippen MR) is 118 cm³/mol. The number of ketones is 1. The summed E-state index contributed by atoms with van der Waals surface area (Å²) >= 11 is 7.28. The van der Waals surface area contributed by atoms with Gasteiger partial charge in [0.15, 0.2) is 10.9 Å². The van der Waals surface area contributed by atoms with Crippen molar-refractivity contribution in [3.8, 4) is 5.75 Å². The first-order valence-corrected chi connectivity index (χ1v) is 10.4. The second-order valence-corrected chi connectivity index (χ2v) is 8.09. The Hall–Kier alpha value is -2.57. The maximum Gasteiger partial charge on any atom is 0.262 e. The molecule has 0 N–H and O–H groups in total. The van der Waals surface area contributed by atoms with Crippen LogP contribution in [0.3, 0.4) is 0 Å². The molecule has 7 heteroatoms. The second kappa shape index (κ2) is 9.29. The van der Waals surface area contributed by atoms with E-state index in [2.05, 4.69) is 11.6 Å². The zero-order chi connectivity index (χ0) is 21.0. The number of allylic oxidation sites excluding steroid dienone is 1. The molecule has 0 fully saturated rings. The number of thioether (sulfide) groups is 1. The molecule has 3 aromatic rings. The van der Waals surface area contributed by atoms with Gasteiger partial charge in [-0.05, 0) is 56.3 Å². The minimum absolute atomic E-state index is 0.0475. The highest BCUT2D eigenvalue weighted by atomic mass is 35.5. The van der Waals surface area contributed by atoms with Gasteiger partial charge in [0.2, 0.25) is 0 Å². The van der Waals surface area contributed by atoms with E-state index < -0.39 is 5.25 Å². The fourth-order valence-corrected chi connectivity index (χ4v) is 4.05. The summed E-state index contributed by atoms with van der Waals surface area (Å²) in [4.78, 5) is 30.4. The monoisotopic (exact) mass is 428 g/mol. The quantitative estimate of drug-likeness (QED) is 0.219. The Morgan fingerprint density at radius 1 is 1.31 bits per heavy atom. The zero-order valence-corrected chi connectivity index (χ0v) is 17.8. The zero-order valence-electron chi connectivity index (χ0n) is 16.2. The third-order valence-corrected chi connectivity index (χ3v) is 5.62. The molecule has 1 atom stereocenters. The van der Waals surface area contributed by atoms with E-state index in [4.69, 9.17) is 16.3 Å². The summed E-state index contributed by atoms with van der Waals surface area (Å²) in [7, 11) is 0. The van der Waals surface area contributed by atoms with Crippen LogP contribution in [0.1, 0.15) is 24.2 Å². The van der Waals surface area contributed by atoms with Crippen molar-refractivity contribution in [3.63, 3.8) is 0 Å². The SMILES string of the molecule is C=CCn1c(S[C@H](C)C(=O)c2ccc(OCC)cc2)nc2ccc(Cl)cc2c1=O. The predicted octanol–water partition coefficient (Wildman–Crippen LogP) is 5.00. The molecule has 0 bridgehead atoms. The Morgan fingerprint density at radius 2 is 2.03 bits per heavy atom. The summed E-state index contributed by atoms with van der Waals surface area (Å²) in [5, 5.41) is 0.951. The first kappa shape index (κ1) is 21.1. The molecule has 0 amide bonds. The Balaban J connectivity index is 1.92. The van der Waals surface area contributed by atoms with E-state index in [1.54, 1.807) is 55.5 Å². The van der Waals surface area contributed by atoms with Crippen LogP contribution in [0.4, 0.5) is 0 Å². The average molecular weight is 429 g/mol. The minimum atomic E-state index is -0.430. The molecule has 3 rings (SSSR count). The van der Waals surface area contributed by atoms with E-state index in [0.717, 1.165) is 5.75 Å². The van der Waals surface area contributed by atoms with Crippen molar-refractivity contribution in [3.05, 3.63) is 76.1 Å². The van der Waals surface area contributed by atoms with Crippen LogP contribution in [-0.2, 0) is 6.54 Å². The number of benzene rings is 2. The van der Waals surface area contributed by atoms with E-state index in [0.29, 0.717) is 39.8 Å². The Kier molecular flexibility index (Phi) is 6.77. The summed E-state index contributed by atoms with van der Waals surface area (Å²) < 4.78 is 6.93. The molecule has 0 aliphatic rings. The van der Waals surface area contributed by atoms with Gasteiger partial charge in [0, 0.05) is 17.1 Å². The fourth-order valence-electron chi connectivity index (χ4n) is 2.88. The van der Waals surface area contributed by atoms with Gasteiger partial charge in [0.25, 0.3) is 5.56 Å². The highest BCUT2D eigenvalue weighted by Gasteiger charge is 2.20. The smallest absolute Gasteiger partial charge is 0.262 e. The van der Waals surface area contributed by atoms with Gasteiger partial charge < -0.3 is 4.74 Å². The first-order valence-electron chi connectivity index (χ1n) is 9.19. The second-order valence-electron chi connectivity index (χ2n) is 6.34. The van der Waals surface area contributed by atoms with Crippen LogP contribution in [0.25, 0.3) is 10.9 Å². The number of aromatic nitrogens is 2. The molecule has 0 unspecified atom stereocenters. The maximum absolute atomic E-state index is 12.9. The van der Waals surface area contributed by atoms with Crippen molar-refractivity contribution in [2.24, 2.45) is 0 Å². The van der Waals surface area contributed by atoms with Gasteiger partial charge in [-0.2, -0.15) is 0 Å². The van der Waals surface area contributed by atoms with Gasteiger partial charge in [0.05, 0.1) is 22.8 Å². The van der Waals surface area contributed by atoms with E-state index >= 15 is 0 Å². The summed E-state index contributed by atoms with van der Waals surface area (Å²) in [5.74, 6) is 0.674. The lowest BCUT2D eigenvalue weighted by Crippen LogP contribution is -2.24. The molecule has 5 nitrogen and oxygen atoms in total. The number of carbonyl (C=O) groups is 1. The Bertz CT molecular complexity index is 1110. The molecular weight excluding hydrogens is 408 g/mol. The molecule has 0 spiro atoms. The number of Topliss-reactive ketones (excluding diaryl/α,β-unsaturated/α-hetero) is 1. The van der Waals surface area contributed by atoms with Crippen LogP contribution >= 0.6 is 23.4 Å². The van der Waals surface area contributed by atoms with Crippen LogP contribution in [0.2, 0.25) is 5.02 Å². The van der Waals surface area contributed by atoms with Gasteiger partial charge >= 0.3 is 0 Å². The fraction of sp³-hybridized carbons (Fsp3) is 0.227. The van der Waals surface area contributed by atoms with Crippen LogP contribution in [0.15, 0.2) is 65.1 Å².